The van der Waals surface area contributed by atoms with Gasteiger partial charge in [0.25, 0.3) is 0 Å². The Morgan fingerprint density at radius 1 is 1.03 bits per heavy atom. The van der Waals surface area contributed by atoms with E-state index in [4.69, 9.17) is 4.74 Å². The average Bonchev–Trinajstić information content (AvgIpc) is 3.30. The van der Waals surface area contributed by atoms with Crippen LogP contribution in [0.2, 0.25) is 0 Å². The van der Waals surface area contributed by atoms with E-state index in [2.05, 4.69) is 29.3 Å². The Bertz CT molecular complexity index is 1380. The summed E-state index contributed by atoms with van der Waals surface area (Å²) in [6, 6.07) is 19.2. The van der Waals surface area contributed by atoms with Gasteiger partial charge in [0.15, 0.2) is 0 Å². The molecular weight excluding hydrogens is 427 g/mol. The van der Waals surface area contributed by atoms with Gasteiger partial charge >= 0.3 is 5.97 Å². The molecule has 0 atom stereocenters. The first-order chi connectivity index (χ1) is 16.5. The van der Waals surface area contributed by atoms with Crippen LogP contribution in [0.4, 0.5) is 4.39 Å². The molecule has 4 aromatic rings. The molecule has 3 aromatic carbocycles. The van der Waals surface area contributed by atoms with Crippen LogP contribution >= 0.6 is 0 Å². The minimum atomic E-state index is -0.361. The van der Waals surface area contributed by atoms with Gasteiger partial charge in [-0.25, -0.2) is 9.18 Å². The summed E-state index contributed by atoms with van der Waals surface area (Å²) in [5, 5.41) is 8.18. The van der Waals surface area contributed by atoms with Crippen molar-refractivity contribution in [3.63, 3.8) is 0 Å². The van der Waals surface area contributed by atoms with Crippen LogP contribution in [0.25, 0.3) is 28.1 Å². The number of nitrogens with one attached hydrogen (secondary N) is 1. The number of hydrogen-bond acceptors (Lipinski definition) is 3. The smallest absolute Gasteiger partial charge is 0.330 e. The normalized spacial score (nSPS) is 12.2. The van der Waals surface area contributed by atoms with Crippen LogP contribution in [0, 0.1) is 12.7 Å². The predicted molar refractivity (Wildman–Crippen MR) is 136 cm³/mol. The predicted octanol–water partition coefficient (Wildman–Crippen LogP) is 6.96. The van der Waals surface area contributed by atoms with Gasteiger partial charge in [-0.3, -0.25) is 5.10 Å². The lowest BCUT2D eigenvalue weighted by Crippen LogP contribution is -1.99. The van der Waals surface area contributed by atoms with Crippen LogP contribution in [0.1, 0.15) is 48.1 Å². The Labute approximate surface area is 198 Å². The zero-order chi connectivity index (χ0) is 24.1. The minimum absolute atomic E-state index is 0.240. The zero-order valence-electron chi connectivity index (χ0n) is 19.6. The fraction of sp³-hybridized carbons (Fsp3) is 0.172. The number of ether oxygens (including phenoxy) is 1. The van der Waals surface area contributed by atoms with Gasteiger partial charge < -0.3 is 4.74 Å². The molecule has 0 radical (unpaired) electrons. The van der Waals surface area contributed by atoms with Crippen molar-refractivity contribution in [3.8, 4) is 0 Å². The standard InChI is InChI=1S/C29H27FN2O2/c1-4-25(26-13-12-24(30)16-19(26)3)29(22-11-14-27-23(17-22)18-31-32-27)21-9-6-20(7-10-21)8-15-28(33)34-5-2/h6-18H,4-5H2,1-3H3,(H,31,32)/b15-8+,29-25+. The summed E-state index contributed by atoms with van der Waals surface area (Å²) in [6.45, 7) is 6.18. The molecule has 0 amide bonds. The summed E-state index contributed by atoms with van der Waals surface area (Å²) in [7, 11) is 0. The van der Waals surface area contributed by atoms with Gasteiger partial charge in [0, 0.05) is 11.5 Å². The van der Waals surface area contributed by atoms with Crippen LogP contribution in [0.5, 0.6) is 0 Å². The third kappa shape index (κ3) is 4.99. The molecular formula is C29H27FN2O2. The minimum Gasteiger partial charge on any atom is -0.463 e. The molecule has 1 heterocycles. The quantitative estimate of drug-likeness (QED) is 0.187. The number of aryl methyl sites for hydroxylation is 1. The van der Waals surface area contributed by atoms with Crippen molar-refractivity contribution in [1.82, 2.24) is 10.2 Å². The Hall–Kier alpha value is -3.99. The van der Waals surface area contributed by atoms with E-state index >= 15 is 0 Å². The highest BCUT2D eigenvalue weighted by Crippen LogP contribution is 2.36. The van der Waals surface area contributed by atoms with Crippen LogP contribution in [-0.2, 0) is 9.53 Å². The Balaban J connectivity index is 1.85. The largest absolute Gasteiger partial charge is 0.463 e. The summed E-state index contributed by atoms with van der Waals surface area (Å²) in [5.41, 5.74) is 8.11. The van der Waals surface area contributed by atoms with Crippen LogP contribution in [0.3, 0.4) is 0 Å². The number of halogens is 1. The Morgan fingerprint density at radius 2 is 1.79 bits per heavy atom. The average molecular weight is 455 g/mol. The fourth-order valence-electron chi connectivity index (χ4n) is 4.20. The second-order valence-electron chi connectivity index (χ2n) is 8.05. The van der Waals surface area contributed by atoms with E-state index in [9.17, 15) is 9.18 Å². The number of aromatic nitrogens is 2. The maximum atomic E-state index is 13.9. The number of rotatable bonds is 7. The van der Waals surface area contributed by atoms with Crippen molar-refractivity contribution in [1.29, 1.82) is 0 Å². The lowest BCUT2D eigenvalue weighted by molar-refractivity contribution is -0.137. The Kier molecular flexibility index (Phi) is 7.02. The number of H-pyrrole nitrogens is 1. The number of allylic oxidation sites excluding steroid dienone is 1. The molecule has 0 saturated heterocycles. The molecule has 0 fully saturated rings. The molecule has 1 N–H and O–H groups in total. The number of hydrogen-bond donors (Lipinski definition) is 1. The molecule has 0 aliphatic rings. The van der Waals surface area contributed by atoms with E-state index in [1.165, 1.54) is 12.1 Å². The lowest BCUT2D eigenvalue weighted by atomic mass is 9.86. The van der Waals surface area contributed by atoms with E-state index in [-0.39, 0.29) is 11.8 Å². The summed E-state index contributed by atoms with van der Waals surface area (Å²) in [6.07, 6.45) is 5.76. The van der Waals surface area contributed by atoms with Gasteiger partial charge in [-0.1, -0.05) is 43.3 Å². The first-order valence-corrected chi connectivity index (χ1v) is 11.4. The Morgan fingerprint density at radius 3 is 2.50 bits per heavy atom. The third-order valence-corrected chi connectivity index (χ3v) is 5.80. The van der Waals surface area contributed by atoms with E-state index in [0.717, 1.165) is 56.3 Å². The SMILES string of the molecule is CCOC(=O)/C=C/c1ccc(/C(=C(/CC)c2ccc(F)cc2C)c2ccc3[nH]ncc3c2)cc1. The highest BCUT2D eigenvalue weighted by molar-refractivity contribution is 6.01. The molecule has 0 aliphatic heterocycles. The molecule has 0 unspecified atom stereocenters. The molecule has 172 valence electrons. The van der Waals surface area contributed by atoms with Crippen LogP contribution < -0.4 is 0 Å². The number of nitrogens with zero attached hydrogens (tertiary/aromatic N) is 1. The molecule has 1 aromatic heterocycles. The van der Waals surface area contributed by atoms with Crippen molar-refractivity contribution in [2.75, 3.05) is 6.61 Å². The highest BCUT2D eigenvalue weighted by Gasteiger charge is 2.16. The van der Waals surface area contributed by atoms with Crippen molar-refractivity contribution in [2.24, 2.45) is 0 Å². The number of aromatic amines is 1. The summed E-state index contributed by atoms with van der Waals surface area (Å²) in [5.74, 6) is -0.601. The second kappa shape index (κ2) is 10.3. The van der Waals surface area contributed by atoms with E-state index in [1.54, 1.807) is 19.1 Å². The fourth-order valence-corrected chi connectivity index (χ4v) is 4.20. The van der Waals surface area contributed by atoms with Crippen molar-refractivity contribution < 1.29 is 13.9 Å². The van der Waals surface area contributed by atoms with Crippen molar-refractivity contribution in [3.05, 3.63) is 107 Å². The molecule has 0 bridgehead atoms. The summed E-state index contributed by atoms with van der Waals surface area (Å²) < 4.78 is 18.8. The van der Waals surface area contributed by atoms with Gasteiger partial charge in [0.1, 0.15) is 5.82 Å². The maximum absolute atomic E-state index is 13.9. The third-order valence-electron chi connectivity index (χ3n) is 5.80. The van der Waals surface area contributed by atoms with E-state index < -0.39 is 0 Å². The first kappa shape index (κ1) is 23.2. The number of esters is 1. The van der Waals surface area contributed by atoms with Gasteiger partial charge in [-0.2, -0.15) is 5.10 Å². The number of carbonyl (C=O) groups is 1. The molecule has 34 heavy (non-hydrogen) atoms. The monoisotopic (exact) mass is 454 g/mol. The van der Waals surface area contributed by atoms with Gasteiger partial charge in [0.05, 0.1) is 18.3 Å². The lowest BCUT2D eigenvalue weighted by Gasteiger charge is -2.18. The van der Waals surface area contributed by atoms with Gasteiger partial charge in [-0.05, 0) is 89.6 Å². The zero-order valence-corrected chi connectivity index (χ0v) is 19.6. The summed E-state index contributed by atoms with van der Waals surface area (Å²) in [4.78, 5) is 11.7. The number of benzene rings is 3. The van der Waals surface area contributed by atoms with Crippen LogP contribution in [0.15, 0.2) is 72.9 Å². The second-order valence-corrected chi connectivity index (χ2v) is 8.05. The highest BCUT2D eigenvalue weighted by atomic mass is 19.1. The molecule has 0 saturated carbocycles. The van der Waals surface area contributed by atoms with Crippen molar-refractivity contribution >= 4 is 34.1 Å². The number of fused-ring (bicyclic) bond motifs is 1. The molecule has 4 nitrogen and oxygen atoms in total. The number of carbonyl (C=O) groups excluding carboxylic acids is 1. The maximum Gasteiger partial charge on any atom is 0.330 e. The molecule has 0 aliphatic carbocycles. The first-order valence-electron chi connectivity index (χ1n) is 11.4. The molecule has 4 rings (SSSR count). The van der Waals surface area contributed by atoms with E-state index in [1.807, 2.05) is 49.5 Å². The molecule has 0 spiro atoms. The van der Waals surface area contributed by atoms with Gasteiger partial charge in [-0.15, -0.1) is 0 Å². The molecule has 5 heteroatoms. The van der Waals surface area contributed by atoms with Crippen molar-refractivity contribution in [2.45, 2.75) is 27.2 Å². The summed E-state index contributed by atoms with van der Waals surface area (Å²) >= 11 is 0. The topological polar surface area (TPSA) is 55.0 Å². The van der Waals surface area contributed by atoms with Gasteiger partial charge in [0.2, 0.25) is 0 Å². The van der Waals surface area contributed by atoms with Crippen LogP contribution in [-0.4, -0.2) is 22.8 Å². The van der Waals surface area contributed by atoms with E-state index in [0.29, 0.717) is 6.61 Å².